The van der Waals surface area contributed by atoms with Gasteiger partial charge in [-0.05, 0) is 39.0 Å². The first-order chi connectivity index (χ1) is 17.2. The molecule has 0 spiro atoms. The lowest BCUT2D eigenvalue weighted by atomic mass is 9.91. The molecule has 2 N–H and O–H groups in total. The fourth-order valence-corrected chi connectivity index (χ4v) is 6.19. The molecule has 198 valence electrons. The number of aliphatic imine (C=N–C) groups is 1. The van der Waals surface area contributed by atoms with E-state index >= 15 is 4.39 Å². The first-order valence-electron chi connectivity index (χ1n) is 10.9. The average Bonchev–Trinajstić information content (AvgIpc) is 3.32. The quantitative estimate of drug-likeness (QED) is 0.477. The molecular weight excluding hydrogens is 516 g/mol. The Labute approximate surface area is 210 Å². The van der Waals surface area contributed by atoms with Gasteiger partial charge in [-0.15, -0.1) is 0 Å². The van der Waals surface area contributed by atoms with Gasteiger partial charge in [0.15, 0.2) is 29.6 Å². The van der Waals surface area contributed by atoms with Crippen molar-refractivity contribution in [2.24, 2.45) is 15.1 Å². The highest BCUT2D eigenvalue weighted by atomic mass is 32.2. The number of hydrogen-bond acceptors (Lipinski definition) is 9. The molecule has 0 saturated heterocycles. The standard InChI is InChI=1S/C23H24F4N6O3S/c1-21(2)20(28)32-22(3,12-37(21,34)29-4)15-7-13(5-6-16(15)24)18-8-17(33-36-18)19-30-9-14(10-31-19)35-11-23(25,26)27/h5-10H,11-12H2,1-4H3,(H2,28,32)/t22-,37+/m0/s1. The van der Waals surface area contributed by atoms with Crippen LogP contribution in [-0.4, -0.2) is 55.5 Å². The van der Waals surface area contributed by atoms with Crippen molar-refractivity contribution in [1.82, 2.24) is 15.1 Å². The second-order valence-electron chi connectivity index (χ2n) is 9.17. The van der Waals surface area contributed by atoms with Crippen LogP contribution in [0, 0.1) is 5.82 Å². The van der Waals surface area contributed by atoms with Crippen LogP contribution in [0.1, 0.15) is 26.3 Å². The zero-order valence-electron chi connectivity index (χ0n) is 20.3. The molecule has 0 bridgehead atoms. The number of hydrogen-bond donors (Lipinski definition) is 1. The molecule has 4 rings (SSSR count). The number of nitrogens with zero attached hydrogens (tertiary/aromatic N) is 5. The van der Waals surface area contributed by atoms with E-state index in [9.17, 15) is 17.4 Å². The first kappa shape index (κ1) is 26.5. The van der Waals surface area contributed by atoms with E-state index in [1.807, 2.05) is 0 Å². The summed E-state index contributed by atoms with van der Waals surface area (Å²) in [5.74, 6) is -0.328. The Morgan fingerprint density at radius 1 is 1.19 bits per heavy atom. The summed E-state index contributed by atoms with van der Waals surface area (Å²) in [4.78, 5) is 12.5. The molecule has 1 aliphatic rings. The van der Waals surface area contributed by atoms with Crippen molar-refractivity contribution in [2.75, 3.05) is 19.4 Å². The van der Waals surface area contributed by atoms with Crippen molar-refractivity contribution in [2.45, 2.75) is 37.2 Å². The summed E-state index contributed by atoms with van der Waals surface area (Å²) in [6.45, 7) is 3.57. The van der Waals surface area contributed by atoms with E-state index in [4.69, 9.17) is 10.3 Å². The third-order valence-corrected chi connectivity index (χ3v) is 9.50. The van der Waals surface area contributed by atoms with Crippen LogP contribution in [0.5, 0.6) is 5.75 Å². The van der Waals surface area contributed by atoms with E-state index in [0.29, 0.717) is 5.56 Å². The number of benzene rings is 1. The van der Waals surface area contributed by atoms with Crippen LogP contribution < -0.4 is 10.5 Å². The molecule has 14 heteroatoms. The van der Waals surface area contributed by atoms with Crippen LogP contribution in [0.25, 0.3) is 22.8 Å². The van der Waals surface area contributed by atoms with Crippen LogP contribution in [0.3, 0.4) is 0 Å². The van der Waals surface area contributed by atoms with Gasteiger partial charge in [-0.2, -0.15) is 13.2 Å². The summed E-state index contributed by atoms with van der Waals surface area (Å²) < 4.78 is 78.7. The normalized spacial score (nSPS) is 23.4. The predicted octanol–water partition coefficient (Wildman–Crippen LogP) is 4.34. The molecule has 0 unspecified atom stereocenters. The van der Waals surface area contributed by atoms with Crippen molar-refractivity contribution in [3.63, 3.8) is 0 Å². The minimum Gasteiger partial charge on any atom is -0.481 e. The van der Waals surface area contributed by atoms with Crippen LogP contribution in [-0.2, 0) is 15.3 Å². The van der Waals surface area contributed by atoms with Crippen LogP contribution >= 0.6 is 0 Å². The van der Waals surface area contributed by atoms with Gasteiger partial charge in [0.1, 0.15) is 21.9 Å². The SMILES string of the molecule is CN=[S@@]1(=O)C[C@@](C)(c2cc(-c3cc(-c4ncc(OCC(F)(F)F)cn4)no3)ccc2F)N=C(N)C1(C)C. The fraction of sp³-hybridized carbons (Fsp3) is 0.391. The third-order valence-electron chi connectivity index (χ3n) is 6.15. The highest BCUT2D eigenvalue weighted by molar-refractivity contribution is 7.95. The number of halogens is 4. The van der Waals surface area contributed by atoms with E-state index in [0.717, 1.165) is 12.4 Å². The van der Waals surface area contributed by atoms with Gasteiger partial charge in [0.05, 0.1) is 27.9 Å². The molecule has 0 saturated carbocycles. The molecule has 2 atom stereocenters. The number of alkyl halides is 3. The van der Waals surface area contributed by atoms with Gasteiger partial charge in [-0.25, -0.2) is 22.9 Å². The molecule has 0 fully saturated rings. The Kier molecular flexibility index (Phi) is 6.51. The molecule has 2 aromatic heterocycles. The summed E-state index contributed by atoms with van der Waals surface area (Å²) in [6, 6.07) is 5.72. The number of nitrogens with two attached hydrogens (primary N) is 1. The Morgan fingerprint density at radius 3 is 2.49 bits per heavy atom. The summed E-state index contributed by atoms with van der Waals surface area (Å²) in [7, 11) is -1.43. The predicted molar refractivity (Wildman–Crippen MR) is 129 cm³/mol. The molecule has 37 heavy (non-hydrogen) atoms. The smallest absolute Gasteiger partial charge is 0.422 e. The minimum atomic E-state index is -4.49. The van der Waals surface area contributed by atoms with Gasteiger partial charge >= 0.3 is 6.18 Å². The maximum absolute atomic E-state index is 15.1. The lowest BCUT2D eigenvalue weighted by Crippen LogP contribution is -2.54. The Hall–Kier alpha value is -3.55. The van der Waals surface area contributed by atoms with E-state index in [1.54, 1.807) is 20.8 Å². The molecule has 3 aromatic rings. The van der Waals surface area contributed by atoms with E-state index in [2.05, 4.69) is 29.2 Å². The lowest BCUT2D eigenvalue weighted by molar-refractivity contribution is -0.153. The van der Waals surface area contributed by atoms with E-state index in [-0.39, 0.29) is 40.2 Å². The number of ether oxygens (including phenoxy) is 1. The van der Waals surface area contributed by atoms with Crippen molar-refractivity contribution in [1.29, 1.82) is 0 Å². The Balaban J connectivity index is 1.65. The Morgan fingerprint density at radius 2 is 1.86 bits per heavy atom. The second kappa shape index (κ2) is 9.08. The molecule has 0 radical (unpaired) electrons. The maximum Gasteiger partial charge on any atom is 0.422 e. The monoisotopic (exact) mass is 540 g/mol. The largest absolute Gasteiger partial charge is 0.481 e. The summed E-state index contributed by atoms with van der Waals surface area (Å²) in [6.07, 6.45) is -2.32. The maximum atomic E-state index is 15.1. The van der Waals surface area contributed by atoms with Gasteiger partial charge in [0.2, 0.25) is 0 Å². The molecule has 1 aliphatic heterocycles. The van der Waals surface area contributed by atoms with Crippen molar-refractivity contribution in [3.8, 4) is 28.6 Å². The second-order valence-corrected chi connectivity index (χ2v) is 12.1. The molecule has 1 aromatic carbocycles. The van der Waals surface area contributed by atoms with Crippen molar-refractivity contribution in [3.05, 3.63) is 48.0 Å². The Bertz CT molecular complexity index is 1480. The number of aromatic nitrogens is 3. The molecule has 9 nitrogen and oxygen atoms in total. The van der Waals surface area contributed by atoms with Gasteiger partial charge in [-0.3, -0.25) is 4.99 Å². The molecule has 0 amide bonds. The van der Waals surface area contributed by atoms with E-state index < -0.39 is 38.6 Å². The van der Waals surface area contributed by atoms with Crippen LogP contribution in [0.2, 0.25) is 0 Å². The lowest BCUT2D eigenvalue weighted by Gasteiger charge is -2.40. The van der Waals surface area contributed by atoms with Gasteiger partial charge < -0.3 is 15.0 Å². The summed E-state index contributed by atoms with van der Waals surface area (Å²) >= 11 is 0. The van der Waals surface area contributed by atoms with Crippen molar-refractivity contribution < 1.29 is 31.0 Å². The van der Waals surface area contributed by atoms with Gasteiger partial charge in [0.25, 0.3) is 0 Å². The number of amidine groups is 1. The highest BCUT2D eigenvalue weighted by Gasteiger charge is 2.47. The van der Waals surface area contributed by atoms with Gasteiger partial charge in [-0.1, -0.05) is 5.16 Å². The van der Waals surface area contributed by atoms with Crippen LogP contribution in [0.4, 0.5) is 17.6 Å². The molecular formula is C23H24F4N6O3S. The van der Waals surface area contributed by atoms with Gasteiger partial charge in [0, 0.05) is 24.2 Å². The summed E-state index contributed by atoms with van der Waals surface area (Å²) in [5.41, 5.74) is 5.72. The minimum absolute atomic E-state index is 0.0389. The topological polar surface area (TPSA) is 129 Å². The zero-order valence-corrected chi connectivity index (χ0v) is 21.2. The molecule has 3 heterocycles. The van der Waals surface area contributed by atoms with Crippen molar-refractivity contribution >= 4 is 15.6 Å². The summed E-state index contributed by atoms with van der Waals surface area (Å²) in [5, 5.41) is 3.90. The van der Waals surface area contributed by atoms with E-state index in [1.165, 1.54) is 31.3 Å². The zero-order chi connectivity index (χ0) is 27.2. The fourth-order valence-electron chi connectivity index (χ4n) is 3.88. The highest BCUT2D eigenvalue weighted by Crippen LogP contribution is 2.40. The molecule has 0 aliphatic carbocycles. The van der Waals surface area contributed by atoms with Crippen LogP contribution in [0.15, 0.2) is 50.5 Å². The average molecular weight is 541 g/mol. The number of rotatable bonds is 5. The third kappa shape index (κ3) is 5.02. The first-order valence-corrected chi connectivity index (χ1v) is 12.6.